The molecule has 1 heterocycles. The van der Waals surface area contributed by atoms with Crippen molar-refractivity contribution in [3.63, 3.8) is 0 Å². The van der Waals surface area contributed by atoms with E-state index in [9.17, 15) is 5.26 Å². The quantitative estimate of drug-likeness (QED) is 0.474. The lowest BCUT2D eigenvalue weighted by Crippen LogP contribution is -1.93. The summed E-state index contributed by atoms with van der Waals surface area (Å²) < 4.78 is 0. The summed E-state index contributed by atoms with van der Waals surface area (Å²) in [6.07, 6.45) is 0. The van der Waals surface area contributed by atoms with Gasteiger partial charge < -0.3 is 0 Å². The first-order valence-corrected chi connectivity index (χ1v) is 8.33. The van der Waals surface area contributed by atoms with Crippen molar-refractivity contribution in [2.75, 3.05) is 0 Å². The molecule has 0 radical (unpaired) electrons. The fraction of sp³-hybridized carbons (Fsp3) is 0. The van der Waals surface area contributed by atoms with Gasteiger partial charge in [-0.05, 0) is 48.5 Å². The van der Waals surface area contributed by atoms with E-state index in [4.69, 9.17) is 46.4 Å². The van der Waals surface area contributed by atoms with Gasteiger partial charge in [-0.3, -0.25) is 0 Å². The van der Waals surface area contributed by atoms with Crippen LogP contribution in [0.15, 0.2) is 48.5 Å². The van der Waals surface area contributed by atoms with Crippen molar-refractivity contribution in [3.05, 3.63) is 74.3 Å². The summed E-state index contributed by atoms with van der Waals surface area (Å²) in [4.78, 5) is 4.40. The Balaban J connectivity index is 2.18. The van der Waals surface area contributed by atoms with Crippen LogP contribution in [0.4, 0.5) is 0 Å². The highest BCUT2D eigenvalue weighted by molar-refractivity contribution is 6.36. The molecule has 0 saturated carbocycles. The van der Waals surface area contributed by atoms with Crippen LogP contribution in [0.25, 0.3) is 22.4 Å². The smallest absolute Gasteiger partial charge is 0.149 e. The topological polar surface area (TPSA) is 36.7 Å². The lowest BCUT2D eigenvalue weighted by Gasteiger charge is -2.10. The number of nitrogens with zero attached hydrogens (tertiary/aromatic N) is 2. The van der Waals surface area contributed by atoms with E-state index in [1.54, 1.807) is 48.5 Å². The fourth-order valence-corrected chi connectivity index (χ4v) is 3.09. The maximum Gasteiger partial charge on any atom is 0.149 e. The Morgan fingerprint density at radius 1 is 0.708 bits per heavy atom. The molecule has 0 fully saturated rings. The van der Waals surface area contributed by atoms with Crippen molar-refractivity contribution in [3.8, 4) is 28.5 Å². The third kappa shape index (κ3) is 3.36. The van der Waals surface area contributed by atoms with Gasteiger partial charge in [0.05, 0.1) is 10.7 Å². The Bertz CT molecular complexity index is 977. The van der Waals surface area contributed by atoms with Gasteiger partial charge in [-0.25, -0.2) is 4.98 Å². The van der Waals surface area contributed by atoms with E-state index >= 15 is 0 Å². The lowest BCUT2D eigenvalue weighted by molar-refractivity contribution is 1.27. The van der Waals surface area contributed by atoms with Gasteiger partial charge in [0.25, 0.3) is 0 Å². The summed E-state index contributed by atoms with van der Waals surface area (Å²) >= 11 is 24.5. The van der Waals surface area contributed by atoms with Crippen LogP contribution < -0.4 is 0 Å². The Kier molecular flexibility index (Phi) is 4.99. The van der Waals surface area contributed by atoms with E-state index < -0.39 is 0 Å². The van der Waals surface area contributed by atoms with Crippen molar-refractivity contribution in [2.45, 2.75) is 0 Å². The molecule has 6 heteroatoms. The summed E-state index contributed by atoms with van der Waals surface area (Å²) in [7, 11) is 0. The van der Waals surface area contributed by atoms with Gasteiger partial charge >= 0.3 is 0 Å². The zero-order valence-electron chi connectivity index (χ0n) is 12.0. The van der Waals surface area contributed by atoms with Gasteiger partial charge in [-0.2, -0.15) is 5.26 Å². The molecule has 2 aromatic carbocycles. The molecule has 0 aliphatic heterocycles. The molecule has 3 rings (SSSR count). The average Bonchev–Trinajstić information content (AvgIpc) is 2.58. The molecule has 0 saturated heterocycles. The van der Waals surface area contributed by atoms with Gasteiger partial charge in [0, 0.05) is 31.8 Å². The molecule has 2 nitrogen and oxygen atoms in total. The van der Waals surface area contributed by atoms with Gasteiger partial charge in [0.1, 0.15) is 11.8 Å². The molecule has 3 aromatic rings. The number of aromatic nitrogens is 1. The molecular formula is C18H8Cl4N2. The predicted molar refractivity (Wildman–Crippen MR) is 99.9 cm³/mol. The summed E-state index contributed by atoms with van der Waals surface area (Å²) in [5.41, 5.74) is 2.70. The van der Waals surface area contributed by atoms with Gasteiger partial charge in [0.2, 0.25) is 0 Å². The first-order valence-electron chi connectivity index (χ1n) is 6.81. The van der Waals surface area contributed by atoms with Gasteiger partial charge in [-0.15, -0.1) is 0 Å². The van der Waals surface area contributed by atoms with E-state index in [2.05, 4.69) is 11.1 Å². The standard InChI is InChI=1S/C18H8Cl4N2/c19-10-1-4-15(21)13(7-10)12-3-6-17(24-18(12)9-23)14-8-11(20)2-5-16(14)22/h1-8H. The Labute approximate surface area is 159 Å². The second kappa shape index (κ2) is 7.01. The van der Waals surface area contributed by atoms with Crippen LogP contribution in [0.3, 0.4) is 0 Å². The minimum atomic E-state index is 0.229. The molecule has 0 spiro atoms. The van der Waals surface area contributed by atoms with E-state index in [1.165, 1.54) is 0 Å². The highest BCUT2D eigenvalue weighted by Crippen LogP contribution is 2.35. The molecule has 0 N–H and O–H groups in total. The summed E-state index contributed by atoms with van der Waals surface area (Å²) in [5.74, 6) is 0. The fourth-order valence-electron chi connectivity index (χ4n) is 2.31. The SMILES string of the molecule is N#Cc1nc(-c2cc(Cl)ccc2Cl)ccc1-c1cc(Cl)ccc1Cl. The van der Waals surface area contributed by atoms with Crippen LogP contribution >= 0.6 is 46.4 Å². The van der Waals surface area contributed by atoms with Crippen LogP contribution in [-0.2, 0) is 0 Å². The third-order valence-electron chi connectivity index (χ3n) is 3.42. The summed E-state index contributed by atoms with van der Waals surface area (Å²) in [6, 6.07) is 15.8. The van der Waals surface area contributed by atoms with Crippen LogP contribution in [0, 0.1) is 11.3 Å². The molecule has 0 aliphatic carbocycles. The monoisotopic (exact) mass is 392 g/mol. The molecule has 118 valence electrons. The Hall–Kier alpha value is -1.76. The van der Waals surface area contributed by atoms with E-state index in [0.29, 0.717) is 42.5 Å². The number of hydrogen-bond donors (Lipinski definition) is 0. The second-order valence-corrected chi connectivity index (χ2v) is 6.64. The number of pyridine rings is 1. The largest absolute Gasteiger partial charge is 0.236 e. The summed E-state index contributed by atoms with van der Waals surface area (Å²) in [5, 5.41) is 11.6. The van der Waals surface area contributed by atoms with E-state index in [-0.39, 0.29) is 5.69 Å². The number of halogens is 4. The normalized spacial score (nSPS) is 10.5. The van der Waals surface area contributed by atoms with E-state index in [0.717, 1.165) is 0 Å². The Morgan fingerprint density at radius 2 is 1.29 bits per heavy atom. The van der Waals surface area contributed by atoms with Crippen LogP contribution in [0.1, 0.15) is 5.69 Å². The zero-order valence-corrected chi connectivity index (χ0v) is 15.0. The molecule has 0 amide bonds. The summed E-state index contributed by atoms with van der Waals surface area (Å²) in [6.45, 7) is 0. The Morgan fingerprint density at radius 3 is 1.92 bits per heavy atom. The van der Waals surface area contributed by atoms with Crippen molar-refractivity contribution in [1.29, 1.82) is 5.26 Å². The first-order chi connectivity index (χ1) is 11.5. The number of rotatable bonds is 2. The molecule has 1 aromatic heterocycles. The number of hydrogen-bond acceptors (Lipinski definition) is 2. The van der Waals surface area contributed by atoms with Crippen molar-refractivity contribution in [2.24, 2.45) is 0 Å². The van der Waals surface area contributed by atoms with Crippen molar-refractivity contribution < 1.29 is 0 Å². The highest BCUT2D eigenvalue weighted by atomic mass is 35.5. The zero-order chi connectivity index (χ0) is 17.3. The first kappa shape index (κ1) is 17.1. The van der Waals surface area contributed by atoms with Crippen LogP contribution in [0.2, 0.25) is 20.1 Å². The van der Waals surface area contributed by atoms with Crippen molar-refractivity contribution in [1.82, 2.24) is 4.98 Å². The molecule has 0 aliphatic rings. The average molecular weight is 394 g/mol. The van der Waals surface area contributed by atoms with E-state index in [1.807, 2.05) is 0 Å². The predicted octanol–water partition coefficient (Wildman–Crippen LogP) is 6.90. The molecule has 0 unspecified atom stereocenters. The van der Waals surface area contributed by atoms with Crippen LogP contribution in [-0.4, -0.2) is 4.98 Å². The maximum atomic E-state index is 9.49. The molecule has 0 atom stereocenters. The molecular weight excluding hydrogens is 386 g/mol. The molecule has 0 bridgehead atoms. The lowest BCUT2D eigenvalue weighted by atomic mass is 10.0. The maximum absolute atomic E-state index is 9.49. The van der Waals surface area contributed by atoms with Gasteiger partial charge in [0.15, 0.2) is 0 Å². The van der Waals surface area contributed by atoms with Crippen molar-refractivity contribution >= 4 is 46.4 Å². The highest BCUT2D eigenvalue weighted by Gasteiger charge is 2.14. The molecule has 24 heavy (non-hydrogen) atoms. The number of benzene rings is 2. The minimum Gasteiger partial charge on any atom is -0.236 e. The second-order valence-electron chi connectivity index (χ2n) is 4.95. The van der Waals surface area contributed by atoms with Gasteiger partial charge in [-0.1, -0.05) is 46.4 Å². The minimum absolute atomic E-state index is 0.229. The third-order valence-corrected chi connectivity index (χ3v) is 4.55. The number of nitriles is 1. The van der Waals surface area contributed by atoms with Crippen LogP contribution in [0.5, 0.6) is 0 Å².